The van der Waals surface area contributed by atoms with E-state index in [0.717, 1.165) is 22.3 Å². The van der Waals surface area contributed by atoms with Gasteiger partial charge in [0.25, 0.3) is 0 Å². The molecule has 0 saturated heterocycles. The molecule has 0 aromatic heterocycles. The maximum Gasteiger partial charge on any atom is 0.310 e. The number of nitrogens with zero attached hydrogens (tertiary/aromatic N) is 1. The van der Waals surface area contributed by atoms with Gasteiger partial charge in [-0.1, -0.05) is 42.0 Å². The molecule has 0 fully saturated rings. The summed E-state index contributed by atoms with van der Waals surface area (Å²) in [6.45, 7) is 2.47. The third kappa shape index (κ3) is 3.49. The average Bonchev–Trinajstić information content (AvgIpc) is 2.72. The predicted octanol–water partition coefficient (Wildman–Crippen LogP) is 4.93. The zero-order valence-corrected chi connectivity index (χ0v) is 16.2. The van der Waals surface area contributed by atoms with Gasteiger partial charge < -0.3 is 14.6 Å². The van der Waals surface area contributed by atoms with Crippen LogP contribution in [0.1, 0.15) is 34.1 Å². The van der Waals surface area contributed by atoms with Gasteiger partial charge in [0, 0.05) is 29.5 Å². The van der Waals surface area contributed by atoms with Gasteiger partial charge in [0.05, 0.1) is 18.6 Å². The van der Waals surface area contributed by atoms with Crippen molar-refractivity contribution in [1.29, 1.82) is 0 Å². The minimum atomic E-state index is -0.561. The van der Waals surface area contributed by atoms with Crippen molar-refractivity contribution in [3.63, 3.8) is 0 Å². The molecular formula is C23H21NO5. The van der Waals surface area contributed by atoms with Crippen molar-refractivity contribution < 1.29 is 19.5 Å². The van der Waals surface area contributed by atoms with E-state index in [0.29, 0.717) is 18.1 Å². The van der Waals surface area contributed by atoms with Crippen LogP contribution in [0.25, 0.3) is 0 Å². The Morgan fingerprint density at radius 2 is 1.93 bits per heavy atom. The molecule has 2 atom stereocenters. The van der Waals surface area contributed by atoms with Gasteiger partial charge in [-0.15, -0.1) is 0 Å². The van der Waals surface area contributed by atoms with Crippen LogP contribution in [-0.4, -0.2) is 23.7 Å². The average molecular weight is 391 g/mol. The predicted molar refractivity (Wildman–Crippen MR) is 109 cm³/mol. The first-order valence-corrected chi connectivity index (χ1v) is 9.32. The van der Waals surface area contributed by atoms with Crippen LogP contribution in [0.15, 0.2) is 60.7 Å². The fourth-order valence-corrected chi connectivity index (χ4v) is 4.00. The number of aryl methyl sites for hydroxylation is 1. The number of phenols is 1. The summed E-state index contributed by atoms with van der Waals surface area (Å²) in [7, 11) is 1.60. The lowest BCUT2D eigenvalue weighted by molar-refractivity contribution is -0.385. The number of benzene rings is 3. The Hall–Kier alpha value is -3.54. The van der Waals surface area contributed by atoms with Gasteiger partial charge in [0.2, 0.25) is 0 Å². The van der Waals surface area contributed by atoms with Crippen molar-refractivity contribution in [1.82, 2.24) is 0 Å². The maximum atomic E-state index is 11.4. The molecule has 3 aromatic carbocycles. The summed E-state index contributed by atoms with van der Waals surface area (Å²) < 4.78 is 11.4. The molecule has 0 bridgehead atoms. The molecular weight excluding hydrogens is 370 g/mol. The van der Waals surface area contributed by atoms with Gasteiger partial charge in [-0.05, 0) is 30.2 Å². The molecule has 0 saturated carbocycles. The van der Waals surface area contributed by atoms with Gasteiger partial charge in [-0.25, -0.2) is 0 Å². The fourth-order valence-electron chi connectivity index (χ4n) is 4.00. The Labute approximate surface area is 168 Å². The minimum Gasteiger partial charge on any atom is -0.502 e. The number of phenolic OH excluding ortho intramolecular Hbond substituents is 1. The number of hydrogen-bond donors (Lipinski definition) is 1. The van der Waals surface area contributed by atoms with E-state index in [4.69, 9.17) is 9.47 Å². The standard InChI is InChI=1S/C23H21NO5/c1-14-4-3-5-15(10-14)19-13-29-22-12-17(28-2)7-8-18(22)23(19)16-6-9-21(25)20(11-16)24(26)27/h3-12,19,23,25H,13H2,1-2H3. The minimum absolute atomic E-state index is 0.0278. The zero-order valence-electron chi connectivity index (χ0n) is 16.2. The monoisotopic (exact) mass is 391 g/mol. The number of nitro groups is 1. The molecule has 29 heavy (non-hydrogen) atoms. The second-order valence-corrected chi connectivity index (χ2v) is 7.22. The van der Waals surface area contributed by atoms with Crippen LogP contribution in [0.2, 0.25) is 0 Å². The molecule has 1 heterocycles. The lowest BCUT2D eigenvalue weighted by Gasteiger charge is -2.34. The van der Waals surface area contributed by atoms with Gasteiger partial charge in [-0.3, -0.25) is 10.1 Å². The number of fused-ring (bicyclic) bond motifs is 1. The number of aromatic hydroxyl groups is 1. The van der Waals surface area contributed by atoms with Crippen molar-refractivity contribution in [2.45, 2.75) is 18.8 Å². The van der Waals surface area contributed by atoms with E-state index in [9.17, 15) is 15.2 Å². The van der Waals surface area contributed by atoms with E-state index < -0.39 is 4.92 Å². The smallest absolute Gasteiger partial charge is 0.310 e. The number of methoxy groups -OCH3 is 1. The summed E-state index contributed by atoms with van der Waals surface area (Å²) >= 11 is 0. The molecule has 3 aromatic rings. The Bertz CT molecular complexity index is 1080. The van der Waals surface area contributed by atoms with Crippen LogP contribution < -0.4 is 9.47 Å². The van der Waals surface area contributed by atoms with Crippen LogP contribution in [0.4, 0.5) is 5.69 Å². The van der Waals surface area contributed by atoms with Gasteiger partial charge in [0.1, 0.15) is 11.5 Å². The SMILES string of the molecule is COc1ccc2c(c1)OCC(c1cccc(C)c1)C2c1ccc(O)c([N+](=O)[O-])c1. The van der Waals surface area contributed by atoms with E-state index in [1.165, 1.54) is 12.1 Å². The quantitative estimate of drug-likeness (QED) is 0.504. The van der Waals surface area contributed by atoms with Crippen molar-refractivity contribution in [3.8, 4) is 17.2 Å². The summed E-state index contributed by atoms with van der Waals surface area (Å²) in [4.78, 5) is 10.8. The molecule has 1 N–H and O–H groups in total. The van der Waals surface area contributed by atoms with Gasteiger partial charge in [-0.2, -0.15) is 0 Å². The summed E-state index contributed by atoms with van der Waals surface area (Å²) in [5.41, 5.74) is 3.64. The highest BCUT2D eigenvalue weighted by Crippen LogP contribution is 2.48. The topological polar surface area (TPSA) is 81.8 Å². The van der Waals surface area contributed by atoms with E-state index in [1.807, 2.05) is 37.3 Å². The highest BCUT2D eigenvalue weighted by molar-refractivity contribution is 5.55. The molecule has 6 nitrogen and oxygen atoms in total. The lowest BCUT2D eigenvalue weighted by atomic mass is 9.75. The third-order valence-electron chi connectivity index (χ3n) is 5.40. The van der Waals surface area contributed by atoms with Crippen LogP contribution in [0.3, 0.4) is 0 Å². The summed E-state index contributed by atoms with van der Waals surface area (Å²) in [6, 6.07) is 18.4. The molecule has 2 unspecified atom stereocenters. The van der Waals surface area contributed by atoms with Crippen molar-refractivity contribution in [2.24, 2.45) is 0 Å². The number of ether oxygens (including phenoxy) is 2. The summed E-state index contributed by atoms with van der Waals surface area (Å²) in [5, 5.41) is 21.3. The van der Waals surface area contributed by atoms with Crippen molar-refractivity contribution in [3.05, 3.63) is 93.0 Å². The maximum absolute atomic E-state index is 11.4. The largest absolute Gasteiger partial charge is 0.502 e. The Kier molecular flexibility index (Phi) is 4.84. The van der Waals surface area contributed by atoms with Crippen molar-refractivity contribution in [2.75, 3.05) is 13.7 Å². The van der Waals surface area contributed by atoms with E-state index in [2.05, 4.69) is 12.1 Å². The molecule has 0 spiro atoms. The first kappa shape index (κ1) is 18.8. The molecule has 4 rings (SSSR count). The van der Waals surface area contributed by atoms with Crippen molar-refractivity contribution >= 4 is 5.69 Å². The number of nitro benzene ring substituents is 1. The first-order chi connectivity index (χ1) is 14.0. The second-order valence-electron chi connectivity index (χ2n) is 7.22. The molecule has 0 aliphatic carbocycles. The first-order valence-electron chi connectivity index (χ1n) is 9.32. The number of rotatable bonds is 4. The normalized spacial score (nSPS) is 17.9. The highest BCUT2D eigenvalue weighted by atomic mass is 16.6. The van der Waals surface area contributed by atoms with Crippen LogP contribution >= 0.6 is 0 Å². The van der Waals surface area contributed by atoms with Crippen LogP contribution in [0.5, 0.6) is 17.2 Å². The highest BCUT2D eigenvalue weighted by Gasteiger charge is 2.35. The second kappa shape index (κ2) is 7.47. The molecule has 1 aliphatic heterocycles. The van der Waals surface area contributed by atoms with Gasteiger partial charge in [0.15, 0.2) is 5.75 Å². The van der Waals surface area contributed by atoms with Crippen LogP contribution in [-0.2, 0) is 0 Å². The zero-order chi connectivity index (χ0) is 20.5. The fraction of sp³-hybridized carbons (Fsp3) is 0.217. The number of hydrogen-bond acceptors (Lipinski definition) is 5. The van der Waals surface area contributed by atoms with Gasteiger partial charge >= 0.3 is 5.69 Å². The van der Waals surface area contributed by atoms with Crippen LogP contribution in [0, 0.1) is 17.0 Å². The molecule has 0 amide bonds. The molecule has 1 aliphatic rings. The summed E-state index contributed by atoms with van der Waals surface area (Å²) in [5.74, 6) is 0.862. The van der Waals surface area contributed by atoms with E-state index in [1.54, 1.807) is 13.2 Å². The Morgan fingerprint density at radius 1 is 1.10 bits per heavy atom. The molecule has 148 valence electrons. The molecule has 0 radical (unpaired) electrons. The summed E-state index contributed by atoms with van der Waals surface area (Å²) in [6.07, 6.45) is 0. The lowest BCUT2D eigenvalue weighted by Crippen LogP contribution is -2.25. The third-order valence-corrected chi connectivity index (χ3v) is 5.40. The van der Waals surface area contributed by atoms with E-state index >= 15 is 0 Å². The molecule has 6 heteroatoms. The Morgan fingerprint density at radius 3 is 2.66 bits per heavy atom. The van der Waals surface area contributed by atoms with E-state index in [-0.39, 0.29) is 23.3 Å². The Balaban J connectivity index is 1.89.